The van der Waals surface area contributed by atoms with E-state index in [2.05, 4.69) is 35.5 Å². The Morgan fingerprint density at radius 2 is 1.83 bits per heavy atom. The molecule has 1 aromatic heterocycles. The van der Waals surface area contributed by atoms with Crippen molar-refractivity contribution in [2.24, 2.45) is 0 Å². The molecule has 4 nitrogen and oxygen atoms in total. The number of benzene rings is 2. The zero-order valence-corrected chi connectivity index (χ0v) is 14.2. The third kappa shape index (κ3) is 3.51. The molecule has 0 aliphatic heterocycles. The molecular formula is C18H19N3OS. The molecule has 3 aromatic rings. The van der Waals surface area contributed by atoms with Crippen LogP contribution in [0.15, 0.2) is 42.5 Å². The number of amides is 2. The maximum Gasteiger partial charge on any atom is 0.325 e. The number of aryl methyl sites for hydroxylation is 1. The number of carbonyl (C=O) groups excluding carboxylic acids is 1. The normalized spacial score (nSPS) is 11.0. The van der Waals surface area contributed by atoms with E-state index >= 15 is 0 Å². The van der Waals surface area contributed by atoms with Crippen LogP contribution in [0.5, 0.6) is 0 Å². The van der Waals surface area contributed by atoms with Crippen LogP contribution in [-0.4, -0.2) is 11.0 Å². The molecule has 0 unspecified atom stereocenters. The third-order valence-corrected chi connectivity index (χ3v) is 4.54. The van der Waals surface area contributed by atoms with Crippen LogP contribution in [0.4, 0.5) is 15.6 Å². The summed E-state index contributed by atoms with van der Waals surface area (Å²) < 4.78 is 1.09. The maximum atomic E-state index is 12.1. The lowest BCUT2D eigenvalue weighted by Gasteiger charge is -2.06. The van der Waals surface area contributed by atoms with Crippen molar-refractivity contribution in [1.82, 2.24) is 4.98 Å². The highest BCUT2D eigenvalue weighted by Gasteiger charge is 2.12. The Morgan fingerprint density at radius 3 is 2.52 bits per heavy atom. The smallest absolute Gasteiger partial charge is 0.308 e. The first-order chi connectivity index (χ1) is 11.0. The van der Waals surface area contributed by atoms with E-state index in [4.69, 9.17) is 0 Å². The van der Waals surface area contributed by atoms with Gasteiger partial charge >= 0.3 is 6.03 Å². The second-order valence-electron chi connectivity index (χ2n) is 5.81. The fourth-order valence-corrected chi connectivity index (χ4v) is 3.28. The zero-order valence-electron chi connectivity index (χ0n) is 13.4. The quantitative estimate of drug-likeness (QED) is 0.680. The largest absolute Gasteiger partial charge is 0.325 e. The molecule has 2 aromatic carbocycles. The van der Waals surface area contributed by atoms with Crippen LogP contribution in [0, 0.1) is 6.92 Å². The van der Waals surface area contributed by atoms with Crippen LogP contribution < -0.4 is 10.6 Å². The number of aromatic nitrogens is 1. The minimum absolute atomic E-state index is 0.279. The van der Waals surface area contributed by atoms with Crippen molar-refractivity contribution in [3.05, 3.63) is 53.6 Å². The molecule has 2 amide bonds. The number of nitrogens with one attached hydrogen (secondary N) is 2. The maximum absolute atomic E-state index is 12.1. The van der Waals surface area contributed by atoms with Crippen molar-refractivity contribution in [2.45, 2.75) is 26.7 Å². The first-order valence-electron chi connectivity index (χ1n) is 7.57. The summed E-state index contributed by atoms with van der Waals surface area (Å²) in [6.07, 6.45) is 0. The molecule has 0 aliphatic carbocycles. The average Bonchev–Trinajstić information content (AvgIpc) is 2.91. The van der Waals surface area contributed by atoms with Gasteiger partial charge in [0.2, 0.25) is 0 Å². The number of carbonyl (C=O) groups is 1. The SMILES string of the molecule is Cc1ccc(NC(=O)Nc2nc3c(C(C)C)cccc3s2)cc1. The Bertz CT molecular complexity index is 837. The summed E-state index contributed by atoms with van der Waals surface area (Å²) in [6.45, 7) is 6.30. The molecule has 23 heavy (non-hydrogen) atoms. The monoisotopic (exact) mass is 325 g/mol. The van der Waals surface area contributed by atoms with Gasteiger partial charge in [-0.15, -0.1) is 0 Å². The lowest BCUT2D eigenvalue weighted by atomic mass is 10.0. The standard InChI is InChI=1S/C18H19N3OS/c1-11(2)14-5-4-6-15-16(14)20-18(23-15)21-17(22)19-13-9-7-12(3)8-10-13/h4-11H,1-3H3,(H2,19,20,21,22). The second kappa shape index (κ2) is 6.38. The van der Waals surface area contributed by atoms with E-state index in [1.54, 1.807) is 0 Å². The van der Waals surface area contributed by atoms with Gasteiger partial charge in [0.05, 0.1) is 10.2 Å². The van der Waals surface area contributed by atoms with Crippen LogP contribution >= 0.6 is 11.3 Å². The number of hydrogen-bond acceptors (Lipinski definition) is 3. The Labute approximate surface area is 139 Å². The third-order valence-electron chi connectivity index (χ3n) is 3.60. The topological polar surface area (TPSA) is 54.0 Å². The number of para-hydroxylation sites is 1. The first-order valence-corrected chi connectivity index (χ1v) is 8.38. The van der Waals surface area contributed by atoms with Gasteiger partial charge < -0.3 is 5.32 Å². The minimum atomic E-state index is -0.279. The van der Waals surface area contributed by atoms with E-state index in [-0.39, 0.29) is 6.03 Å². The summed E-state index contributed by atoms with van der Waals surface area (Å²) >= 11 is 1.49. The molecule has 2 N–H and O–H groups in total. The molecule has 0 aliphatic rings. The van der Waals surface area contributed by atoms with Crippen molar-refractivity contribution in [1.29, 1.82) is 0 Å². The van der Waals surface area contributed by atoms with E-state index in [9.17, 15) is 4.79 Å². The predicted octanol–water partition coefficient (Wildman–Crippen LogP) is 5.37. The average molecular weight is 325 g/mol. The zero-order chi connectivity index (χ0) is 16.4. The molecule has 3 rings (SSSR count). The highest BCUT2D eigenvalue weighted by molar-refractivity contribution is 7.22. The van der Waals surface area contributed by atoms with Crippen LogP contribution in [0.3, 0.4) is 0 Å². The van der Waals surface area contributed by atoms with Gasteiger partial charge in [0.1, 0.15) is 0 Å². The Hall–Kier alpha value is -2.40. The number of fused-ring (bicyclic) bond motifs is 1. The van der Waals surface area contributed by atoms with E-state index in [0.29, 0.717) is 11.0 Å². The molecular weight excluding hydrogens is 306 g/mol. The lowest BCUT2D eigenvalue weighted by molar-refractivity contribution is 0.262. The van der Waals surface area contributed by atoms with E-state index in [0.717, 1.165) is 21.5 Å². The molecule has 0 saturated heterocycles. The minimum Gasteiger partial charge on any atom is -0.308 e. The summed E-state index contributed by atoms with van der Waals surface area (Å²) in [7, 11) is 0. The number of anilines is 2. The number of urea groups is 1. The van der Waals surface area contributed by atoms with Gasteiger partial charge in [0.25, 0.3) is 0 Å². The molecule has 1 heterocycles. The van der Waals surface area contributed by atoms with Crippen molar-refractivity contribution >= 4 is 38.4 Å². The van der Waals surface area contributed by atoms with Crippen molar-refractivity contribution in [3.63, 3.8) is 0 Å². The van der Waals surface area contributed by atoms with Gasteiger partial charge in [-0.05, 0) is 36.6 Å². The van der Waals surface area contributed by atoms with Crippen molar-refractivity contribution < 1.29 is 4.79 Å². The van der Waals surface area contributed by atoms with E-state index < -0.39 is 0 Å². The van der Waals surface area contributed by atoms with Crippen molar-refractivity contribution in [3.8, 4) is 0 Å². The molecule has 0 fully saturated rings. The Kier molecular flexibility index (Phi) is 4.30. The highest BCUT2D eigenvalue weighted by atomic mass is 32.1. The van der Waals surface area contributed by atoms with Gasteiger partial charge in [0, 0.05) is 5.69 Å². The molecule has 0 bridgehead atoms. The van der Waals surface area contributed by atoms with Crippen LogP contribution in [0.2, 0.25) is 0 Å². The van der Waals surface area contributed by atoms with Crippen LogP contribution in [0.1, 0.15) is 30.9 Å². The fraction of sp³-hybridized carbons (Fsp3) is 0.222. The summed E-state index contributed by atoms with van der Waals surface area (Å²) in [5, 5.41) is 6.24. The molecule has 0 atom stereocenters. The predicted molar refractivity (Wildman–Crippen MR) is 97.5 cm³/mol. The molecule has 0 saturated carbocycles. The van der Waals surface area contributed by atoms with Crippen LogP contribution in [-0.2, 0) is 0 Å². The number of hydrogen-bond donors (Lipinski definition) is 2. The van der Waals surface area contributed by atoms with E-state index in [1.807, 2.05) is 43.3 Å². The fourth-order valence-electron chi connectivity index (χ4n) is 2.39. The number of rotatable bonds is 3. The summed E-state index contributed by atoms with van der Waals surface area (Å²) in [5.74, 6) is 0.398. The van der Waals surface area contributed by atoms with Crippen LogP contribution in [0.25, 0.3) is 10.2 Å². The molecule has 118 valence electrons. The number of thiazole rings is 1. The second-order valence-corrected chi connectivity index (χ2v) is 6.84. The van der Waals surface area contributed by atoms with Gasteiger partial charge in [0.15, 0.2) is 5.13 Å². The van der Waals surface area contributed by atoms with Crippen molar-refractivity contribution in [2.75, 3.05) is 10.6 Å². The summed E-state index contributed by atoms with van der Waals surface area (Å²) in [4.78, 5) is 16.7. The van der Waals surface area contributed by atoms with E-state index in [1.165, 1.54) is 16.9 Å². The summed E-state index contributed by atoms with van der Waals surface area (Å²) in [6, 6.07) is 13.6. The highest BCUT2D eigenvalue weighted by Crippen LogP contribution is 2.31. The number of nitrogens with zero attached hydrogens (tertiary/aromatic N) is 1. The van der Waals surface area contributed by atoms with Gasteiger partial charge in [-0.3, -0.25) is 5.32 Å². The van der Waals surface area contributed by atoms with Gasteiger partial charge in [-0.1, -0.05) is 55.0 Å². The Morgan fingerprint density at radius 1 is 1.09 bits per heavy atom. The molecule has 0 radical (unpaired) electrons. The first kappa shape index (κ1) is 15.5. The lowest BCUT2D eigenvalue weighted by Crippen LogP contribution is -2.19. The molecule has 0 spiro atoms. The van der Waals surface area contributed by atoms with Gasteiger partial charge in [-0.2, -0.15) is 0 Å². The Balaban J connectivity index is 1.77. The summed E-state index contributed by atoms with van der Waals surface area (Å²) in [5.41, 5.74) is 4.09. The van der Waals surface area contributed by atoms with Gasteiger partial charge in [-0.25, -0.2) is 9.78 Å². The molecule has 5 heteroatoms.